The SMILES string of the molecule is CN1CCCC(Oc2cccc(C(=O)C(=O)O)c2)C1. The van der Waals surface area contributed by atoms with E-state index in [9.17, 15) is 9.59 Å². The number of carboxylic acids is 1. The molecule has 5 nitrogen and oxygen atoms in total. The quantitative estimate of drug-likeness (QED) is 0.657. The van der Waals surface area contributed by atoms with Crippen LogP contribution in [-0.4, -0.2) is 48.0 Å². The van der Waals surface area contributed by atoms with Crippen LogP contribution >= 0.6 is 0 Å². The smallest absolute Gasteiger partial charge is 0.377 e. The number of carboxylic acid groups (broad SMARTS) is 1. The Morgan fingerprint density at radius 3 is 2.89 bits per heavy atom. The Morgan fingerprint density at radius 1 is 1.42 bits per heavy atom. The zero-order chi connectivity index (χ0) is 13.8. The predicted molar refractivity (Wildman–Crippen MR) is 69.6 cm³/mol. The van der Waals surface area contributed by atoms with E-state index in [0.29, 0.717) is 5.75 Å². The molecule has 1 saturated heterocycles. The van der Waals surface area contributed by atoms with Gasteiger partial charge in [-0.05, 0) is 38.6 Å². The van der Waals surface area contributed by atoms with E-state index in [1.165, 1.54) is 12.1 Å². The van der Waals surface area contributed by atoms with Crippen LogP contribution in [0.15, 0.2) is 24.3 Å². The van der Waals surface area contributed by atoms with Crippen molar-refractivity contribution in [1.82, 2.24) is 4.90 Å². The van der Waals surface area contributed by atoms with E-state index >= 15 is 0 Å². The molecule has 0 bridgehead atoms. The molecule has 1 N–H and O–H groups in total. The largest absolute Gasteiger partial charge is 0.489 e. The fraction of sp³-hybridized carbons (Fsp3) is 0.429. The summed E-state index contributed by atoms with van der Waals surface area (Å²) in [5, 5.41) is 8.69. The molecule has 1 unspecified atom stereocenters. The normalized spacial score (nSPS) is 19.9. The van der Waals surface area contributed by atoms with Gasteiger partial charge in [-0.1, -0.05) is 12.1 Å². The van der Waals surface area contributed by atoms with Crippen molar-refractivity contribution in [3.63, 3.8) is 0 Å². The fourth-order valence-corrected chi connectivity index (χ4v) is 2.24. The molecule has 0 saturated carbocycles. The number of benzene rings is 1. The first-order chi connectivity index (χ1) is 9.06. The van der Waals surface area contributed by atoms with Crippen LogP contribution < -0.4 is 4.74 Å². The number of likely N-dealkylation sites (tertiary alicyclic amines) is 1. The molecule has 5 heteroatoms. The van der Waals surface area contributed by atoms with Crippen molar-refractivity contribution >= 4 is 11.8 Å². The highest BCUT2D eigenvalue weighted by Crippen LogP contribution is 2.19. The third-order valence-corrected chi connectivity index (χ3v) is 3.17. The summed E-state index contributed by atoms with van der Waals surface area (Å²) in [5.74, 6) is -1.81. The van der Waals surface area contributed by atoms with Crippen molar-refractivity contribution in [3.05, 3.63) is 29.8 Å². The van der Waals surface area contributed by atoms with Crippen LogP contribution in [0, 0.1) is 0 Å². The Bertz CT molecular complexity index is 486. The molecule has 2 rings (SSSR count). The van der Waals surface area contributed by atoms with Gasteiger partial charge < -0.3 is 14.7 Å². The van der Waals surface area contributed by atoms with E-state index in [-0.39, 0.29) is 11.7 Å². The molecule has 1 heterocycles. The summed E-state index contributed by atoms with van der Waals surface area (Å²) in [5.41, 5.74) is 0.147. The van der Waals surface area contributed by atoms with E-state index in [0.717, 1.165) is 25.9 Å². The summed E-state index contributed by atoms with van der Waals surface area (Å²) in [6.07, 6.45) is 2.14. The number of ether oxygens (including phenoxy) is 1. The topological polar surface area (TPSA) is 66.8 Å². The molecule has 0 radical (unpaired) electrons. The molecular formula is C14H17NO4. The van der Waals surface area contributed by atoms with Crippen molar-refractivity contribution in [3.8, 4) is 5.75 Å². The highest BCUT2D eigenvalue weighted by atomic mass is 16.5. The standard InChI is InChI=1S/C14H17NO4/c1-15-7-3-6-12(9-15)19-11-5-2-4-10(8-11)13(16)14(17)18/h2,4-5,8,12H,3,6-7,9H2,1H3,(H,17,18). The van der Waals surface area contributed by atoms with Crippen LogP contribution in [0.1, 0.15) is 23.2 Å². The fourth-order valence-electron chi connectivity index (χ4n) is 2.24. The maximum atomic E-state index is 11.4. The summed E-state index contributed by atoms with van der Waals surface area (Å²) in [4.78, 5) is 24.2. The van der Waals surface area contributed by atoms with E-state index in [1.807, 2.05) is 7.05 Å². The third-order valence-electron chi connectivity index (χ3n) is 3.17. The highest BCUT2D eigenvalue weighted by Gasteiger charge is 2.20. The molecule has 1 fully saturated rings. The Balaban J connectivity index is 2.06. The number of piperidine rings is 1. The van der Waals surface area contributed by atoms with Crippen LogP contribution in [0.5, 0.6) is 5.75 Å². The zero-order valence-corrected chi connectivity index (χ0v) is 10.8. The number of rotatable bonds is 4. The van der Waals surface area contributed by atoms with E-state index < -0.39 is 11.8 Å². The molecule has 19 heavy (non-hydrogen) atoms. The summed E-state index contributed by atoms with van der Waals surface area (Å²) in [7, 11) is 2.04. The minimum Gasteiger partial charge on any atom is -0.489 e. The van der Waals surface area contributed by atoms with Gasteiger partial charge in [-0.15, -0.1) is 0 Å². The number of carbonyl (C=O) groups excluding carboxylic acids is 1. The lowest BCUT2D eigenvalue weighted by Gasteiger charge is -2.30. The van der Waals surface area contributed by atoms with Gasteiger partial charge in [0.1, 0.15) is 11.9 Å². The van der Waals surface area contributed by atoms with Gasteiger partial charge >= 0.3 is 5.97 Å². The summed E-state index contributed by atoms with van der Waals surface area (Å²) >= 11 is 0. The van der Waals surface area contributed by atoms with Crippen LogP contribution in [0.25, 0.3) is 0 Å². The van der Waals surface area contributed by atoms with Crippen molar-refractivity contribution in [2.75, 3.05) is 20.1 Å². The van der Waals surface area contributed by atoms with Gasteiger partial charge in [0.15, 0.2) is 0 Å². The van der Waals surface area contributed by atoms with Gasteiger partial charge in [0.2, 0.25) is 0 Å². The van der Waals surface area contributed by atoms with Crippen LogP contribution in [0.3, 0.4) is 0 Å². The van der Waals surface area contributed by atoms with Crippen molar-refractivity contribution in [1.29, 1.82) is 0 Å². The monoisotopic (exact) mass is 263 g/mol. The molecule has 0 aromatic heterocycles. The van der Waals surface area contributed by atoms with E-state index in [1.54, 1.807) is 12.1 Å². The Morgan fingerprint density at radius 2 is 2.21 bits per heavy atom. The van der Waals surface area contributed by atoms with Gasteiger partial charge in [-0.3, -0.25) is 4.79 Å². The first kappa shape index (κ1) is 13.5. The van der Waals surface area contributed by atoms with E-state index in [4.69, 9.17) is 9.84 Å². The average molecular weight is 263 g/mol. The molecule has 1 aromatic carbocycles. The number of hydrogen-bond acceptors (Lipinski definition) is 4. The molecule has 0 spiro atoms. The second kappa shape index (κ2) is 5.84. The van der Waals surface area contributed by atoms with Gasteiger partial charge in [0, 0.05) is 12.1 Å². The van der Waals surface area contributed by atoms with Crippen molar-refractivity contribution < 1.29 is 19.4 Å². The molecule has 102 valence electrons. The number of ketones is 1. The maximum Gasteiger partial charge on any atom is 0.377 e. The minimum atomic E-state index is -1.45. The van der Waals surface area contributed by atoms with Crippen molar-refractivity contribution in [2.24, 2.45) is 0 Å². The number of likely N-dealkylation sites (N-methyl/N-ethyl adjacent to an activating group) is 1. The van der Waals surface area contributed by atoms with Gasteiger partial charge in [-0.2, -0.15) is 0 Å². The Kier molecular flexibility index (Phi) is 4.16. The average Bonchev–Trinajstić information content (AvgIpc) is 2.38. The molecule has 0 aliphatic carbocycles. The predicted octanol–water partition coefficient (Wildman–Crippen LogP) is 1.43. The molecule has 1 aliphatic rings. The molecule has 1 aromatic rings. The van der Waals surface area contributed by atoms with Crippen LogP contribution in [0.2, 0.25) is 0 Å². The van der Waals surface area contributed by atoms with Crippen LogP contribution in [-0.2, 0) is 4.79 Å². The first-order valence-electron chi connectivity index (χ1n) is 6.29. The lowest BCUT2D eigenvalue weighted by molar-refractivity contribution is -0.131. The number of carbonyl (C=O) groups is 2. The molecule has 0 amide bonds. The summed E-state index contributed by atoms with van der Waals surface area (Å²) in [6.45, 7) is 1.91. The number of hydrogen-bond donors (Lipinski definition) is 1. The lowest BCUT2D eigenvalue weighted by Crippen LogP contribution is -2.38. The zero-order valence-electron chi connectivity index (χ0n) is 10.8. The van der Waals surface area contributed by atoms with Crippen molar-refractivity contribution in [2.45, 2.75) is 18.9 Å². The van der Waals surface area contributed by atoms with Gasteiger partial charge in [-0.25, -0.2) is 4.79 Å². The van der Waals surface area contributed by atoms with Crippen LogP contribution in [0.4, 0.5) is 0 Å². The summed E-state index contributed by atoms with van der Waals surface area (Å²) < 4.78 is 5.81. The molecular weight excluding hydrogens is 246 g/mol. The molecule has 1 aliphatic heterocycles. The lowest BCUT2D eigenvalue weighted by atomic mass is 10.1. The highest BCUT2D eigenvalue weighted by molar-refractivity contribution is 6.39. The summed E-state index contributed by atoms with van der Waals surface area (Å²) in [6, 6.07) is 6.35. The molecule has 1 atom stereocenters. The number of nitrogens with zero attached hydrogens (tertiary/aromatic N) is 1. The second-order valence-corrected chi connectivity index (χ2v) is 4.81. The third kappa shape index (κ3) is 3.54. The Labute approximate surface area is 111 Å². The van der Waals surface area contributed by atoms with E-state index in [2.05, 4.69) is 4.90 Å². The van der Waals surface area contributed by atoms with Gasteiger partial charge in [0.25, 0.3) is 5.78 Å². The number of aliphatic carboxylic acids is 1. The van der Waals surface area contributed by atoms with Gasteiger partial charge in [0.05, 0.1) is 0 Å². The minimum absolute atomic E-state index is 0.0916. The maximum absolute atomic E-state index is 11.4. The second-order valence-electron chi connectivity index (χ2n) is 4.81. The first-order valence-corrected chi connectivity index (χ1v) is 6.29. The Hall–Kier alpha value is -1.88. The number of Topliss-reactive ketones (excluding diaryl/α,β-unsaturated/α-hetero) is 1.